The lowest BCUT2D eigenvalue weighted by Gasteiger charge is -2.09. The Morgan fingerprint density at radius 3 is 3.00 bits per heavy atom. The van der Waals surface area contributed by atoms with Crippen molar-refractivity contribution in [2.75, 3.05) is 6.61 Å². The molecule has 1 aromatic heterocycles. The van der Waals surface area contributed by atoms with Gasteiger partial charge in [-0.2, -0.15) is 0 Å². The van der Waals surface area contributed by atoms with Gasteiger partial charge in [0.05, 0.1) is 12.8 Å². The predicted octanol–water partition coefficient (Wildman–Crippen LogP) is 1.79. The van der Waals surface area contributed by atoms with Crippen molar-refractivity contribution in [3.8, 4) is 5.75 Å². The molecule has 0 spiro atoms. The Morgan fingerprint density at radius 1 is 1.59 bits per heavy atom. The first-order valence-electron chi connectivity index (χ1n) is 6.07. The molecule has 2 N–H and O–H groups in total. The molecule has 1 atom stereocenters. The number of hydrogen-bond acceptors (Lipinski definition) is 4. The summed E-state index contributed by atoms with van der Waals surface area (Å²) in [5, 5.41) is 0. The van der Waals surface area contributed by atoms with Crippen molar-refractivity contribution in [2.45, 2.75) is 32.2 Å². The van der Waals surface area contributed by atoms with Gasteiger partial charge in [-0.1, -0.05) is 0 Å². The van der Waals surface area contributed by atoms with E-state index in [-0.39, 0.29) is 11.8 Å². The molecule has 0 bridgehead atoms. The van der Waals surface area contributed by atoms with Crippen LogP contribution in [0.1, 0.15) is 36.5 Å². The molecule has 2 rings (SSSR count). The first-order chi connectivity index (χ1) is 8.20. The summed E-state index contributed by atoms with van der Waals surface area (Å²) in [6, 6.07) is 1.73. The molecule has 0 radical (unpaired) electrons. The first kappa shape index (κ1) is 12.0. The van der Waals surface area contributed by atoms with Crippen LogP contribution < -0.4 is 10.5 Å². The van der Waals surface area contributed by atoms with E-state index in [9.17, 15) is 4.79 Å². The molecule has 1 aromatic rings. The Morgan fingerprint density at radius 2 is 2.35 bits per heavy atom. The quantitative estimate of drug-likeness (QED) is 0.762. The maximum atomic E-state index is 12.0. The monoisotopic (exact) mass is 234 g/mol. The standard InChI is InChI=1S/C13H18N2O2/c1-2-17-11-5-10(7-15-8-11)13(16)6-12(14)9-3-4-9/h5,7-9,12H,2-4,6,14H2,1H3. The maximum absolute atomic E-state index is 12.0. The number of Topliss-reactive ketones (excluding diaryl/α,β-unsaturated/α-hetero) is 1. The van der Waals surface area contributed by atoms with Crippen LogP contribution in [0.25, 0.3) is 0 Å². The number of nitrogens with zero attached hydrogens (tertiary/aromatic N) is 1. The van der Waals surface area contributed by atoms with Gasteiger partial charge in [-0.15, -0.1) is 0 Å². The molecule has 0 aliphatic heterocycles. The Bertz CT molecular complexity index is 402. The zero-order valence-electron chi connectivity index (χ0n) is 10.1. The van der Waals surface area contributed by atoms with Crippen LogP contribution in [-0.4, -0.2) is 23.4 Å². The molecule has 1 aliphatic rings. The number of carbonyl (C=O) groups is 1. The molecule has 1 saturated carbocycles. The molecule has 1 fully saturated rings. The van der Waals surface area contributed by atoms with Gasteiger partial charge in [-0.05, 0) is 31.7 Å². The van der Waals surface area contributed by atoms with Gasteiger partial charge < -0.3 is 10.5 Å². The third kappa shape index (κ3) is 3.27. The minimum Gasteiger partial charge on any atom is -0.492 e. The first-order valence-corrected chi connectivity index (χ1v) is 6.07. The van der Waals surface area contributed by atoms with Crippen LogP contribution in [0.2, 0.25) is 0 Å². The molecule has 0 aromatic carbocycles. The summed E-state index contributed by atoms with van der Waals surface area (Å²) in [5.41, 5.74) is 6.53. The third-order valence-corrected chi connectivity index (χ3v) is 2.99. The molecular weight excluding hydrogens is 216 g/mol. The van der Waals surface area contributed by atoms with Crippen LogP contribution in [0, 0.1) is 5.92 Å². The fourth-order valence-electron chi connectivity index (χ4n) is 1.84. The Kier molecular flexibility index (Phi) is 3.74. The highest BCUT2D eigenvalue weighted by Crippen LogP contribution is 2.33. The zero-order valence-corrected chi connectivity index (χ0v) is 10.1. The minimum atomic E-state index is -0.00162. The molecule has 1 aliphatic carbocycles. The SMILES string of the molecule is CCOc1cncc(C(=O)CC(N)C2CC2)c1. The average Bonchev–Trinajstić information content (AvgIpc) is 3.13. The number of aromatic nitrogens is 1. The molecule has 4 heteroatoms. The molecule has 4 nitrogen and oxygen atoms in total. The van der Waals surface area contributed by atoms with Gasteiger partial charge >= 0.3 is 0 Å². The number of nitrogens with two attached hydrogens (primary N) is 1. The second-order valence-electron chi connectivity index (χ2n) is 4.47. The van der Waals surface area contributed by atoms with Crippen molar-refractivity contribution in [3.05, 3.63) is 24.0 Å². The van der Waals surface area contributed by atoms with Crippen molar-refractivity contribution < 1.29 is 9.53 Å². The third-order valence-electron chi connectivity index (χ3n) is 2.99. The van der Waals surface area contributed by atoms with Gasteiger partial charge in [-0.3, -0.25) is 9.78 Å². The normalized spacial score (nSPS) is 16.6. The lowest BCUT2D eigenvalue weighted by molar-refractivity contribution is 0.0970. The smallest absolute Gasteiger partial charge is 0.166 e. The topological polar surface area (TPSA) is 65.2 Å². The second kappa shape index (κ2) is 5.27. The highest BCUT2D eigenvalue weighted by Gasteiger charge is 2.30. The number of ketones is 1. The van der Waals surface area contributed by atoms with Gasteiger partial charge in [-0.25, -0.2) is 0 Å². The Labute approximate surface area is 101 Å². The minimum absolute atomic E-state index is 0.00162. The Balaban J connectivity index is 1.99. The number of pyridine rings is 1. The van der Waals surface area contributed by atoms with E-state index in [1.165, 1.54) is 0 Å². The van der Waals surface area contributed by atoms with Gasteiger partial charge in [0, 0.05) is 24.2 Å². The molecule has 1 unspecified atom stereocenters. The number of rotatable bonds is 6. The van der Waals surface area contributed by atoms with E-state index >= 15 is 0 Å². The van der Waals surface area contributed by atoms with E-state index in [2.05, 4.69) is 4.98 Å². The number of carbonyl (C=O) groups excluding carboxylic acids is 1. The van der Waals surface area contributed by atoms with E-state index in [1.54, 1.807) is 18.5 Å². The van der Waals surface area contributed by atoms with Crippen LogP contribution in [0.3, 0.4) is 0 Å². The van der Waals surface area contributed by atoms with Crippen molar-refractivity contribution in [3.63, 3.8) is 0 Å². The van der Waals surface area contributed by atoms with Crippen LogP contribution >= 0.6 is 0 Å². The summed E-state index contributed by atoms with van der Waals surface area (Å²) in [6.07, 6.45) is 5.91. The van der Waals surface area contributed by atoms with Crippen molar-refractivity contribution in [1.82, 2.24) is 4.98 Å². The van der Waals surface area contributed by atoms with Crippen molar-refractivity contribution in [2.24, 2.45) is 11.7 Å². The van der Waals surface area contributed by atoms with Gasteiger partial charge in [0.1, 0.15) is 5.75 Å². The highest BCUT2D eigenvalue weighted by molar-refractivity contribution is 5.96. The lowest BCUT2D eigenvalue weighted by atomic mass is 10.0. The molecule has 0 saturated heterocycles. The molecule has 0 amide bonds. The summed E-state index contributed by atoms with van der Waals surface area (Å²) < 4.78 is 5.32. The largest absolute Gasteiger partial charge is 0.492 e. The fourth-order valence-corrected chi connectivity index (χ4v) is 1.84. The summed E-state index contributed by atoms with van der Waals surface area (Å²) in [5.74, 6) is 1.23. The lowest BCUT2D eigenvalue weighted by Crippen LogP contribution is -2.26. The number of hydrogen-bond donors (Lipinski definition) is 1. The zero-order chi connectivity index (χ0) is 12.3. The van der Waals surface area contributed by atoms with Gasteiger partial charge in [0.15, 0.2) is 5.78 Å². The van der Waals surface area contributed by atoms with E-state index in [4.69, 9.17) is 10.5 Å². The summed E-state index contributed by atoms with van der Waals surface area (Å²) in [6.45, 7) is 2.47. The molecule has 1 heterocycles. The Hall–Kier alpha value is -1.42. The number of ether oxygens (including phenoxy) is 1. The van der Waals surface area contributed by atoms with Crippen LogP contribution in [0.4, 0.5) is 0 Å². The average molecular weight is 234 g/mol. The van der Waals surface area contributed by atoms with Crippen LogP contribution in [0.15, 0.2) is 18.5 Å². The summed E-state index contributed by atoms with van der Waals surface area (Å²) >= 11 is 0. The van der Waals surface area contributed by atoms with Crippen molar-refractivity contribution >= 4 is 5.78 Å². The van der Waals surface area contributed by atoms with Gasteiger partial charge in [0.25, 0.3) is 0 Å². The van der Waals surface area contributed by atoms with E-state index < -0.39 is 0 Å². The van der Waals surface area contributed by atoms with Gasteiger partial charge in [0.2, 0.25) is 0 Å². The van der Waals surface area contributed by atoms with Crippen LogP contribution in [0.5, 0.6) is 5.75 Å². The van der Waals surface area contributed by atoms with E-state index in [0.717, 1.165) is 12.8 Å². The van der Waals surface area contributed by atoms with Crippen molar-refractivity contribution in [1.29, 1.82) is 0 Å². The van der Waals surface area contributed by atoms with E-state index in [1.807, 2.05) is 6.92 Å². The second-order valence-corrected chi connectivity index (χ2v) is 4.47. The van der Waals surface area contributed by atoms with E-state index in [0.29, 0.717) is 30.3 Å². The maximum Gasteiger partial charge on any atom is 0.166 e. The molecule has 92 valence electrons. The highest BCUT2D eigenvalue weighted by atomic mass is 16.5. The summed E-state index contributed by atoms with van der Waals surface area (Å²) in [4.78, 5) is 16.0. The van der Waals surface area contributed by atoms with Crippen LogP contribution in [-0.2, 0) is 0 Å². The fraction of sp³-hybridized carbons (Fsp3) is 0.538. The summed E-state index contributed by atoms with van der Waals surface area (Å²) in [7, 11) is 0. The molecule has 17 heavy (non-hydrogen) atoms. The molecular formula is C13H18N2O2. The predicted molar refractivity (Wildman–Crippen MR) is 65.1 cm³/mol.